The van der Waals surface area contributed by atoms with Gasteiger partial charge in [-0.2, -0.15) is 5.26 Å². The topological polar surface area (TPSA) is 50.1 Å². The van der Waals surface area contributed by atoms with Gasteiger partial charge in [0.25, 0.3) is 0 Å². The minimum Gasteiger partial charge on any atom is -0.426 e. The molecular weight excluding hydrogens is 202 g/mol. The smallest absolute Gasteiger partial charge is 0.313 e. The Balaban J connectivity index is 2.58. The number of ether oxygens (including phenoxy) is 1. The number of nitriles is 1. The van der Waals surface area contributed by atoms with Crippen molar-refractivity contribution in [3.8, 4) is 11.8 Å². The molecular formula is C13H15NO2. The minimum absolute atomic E-state index is 0.127. The zero-order valence-electron chi connectivity index (χ0n) is 9.56. The molecule has 0 aliphatic rings. The number of esters is 1. The number of benzene rings is 1. The molecule has 0 saturated heterocycles. The number of aryl methyl sites for hydroxylation is 1. The Morgan fingerprint density at radius 1 is 1.38 bits per heavy atom. The van der Waals surface area contributed by atoms with Crippen LogP contribution in [0.3, 0.4) is 0 Å². The van der Waals surface area contributed by atoms with Gasteiger partial charge >= 0.3 is 5.97 Å². The van der Waals surface area contributed by atoms with Crippen molar-refractivity contribution in [2.75, 3.05) is 0 Å². The highest BCUT2D eigenvalue weighted by Crippen LogP contribution is 2.14. The highest BCUT2D eigenvalue weighted by atomic mass is 16.5. The molecule has 1 rings (SSSR count). The van der Waals surface area contributed by atoms with Crippen LogP contribution in [-0.2, 0) is 11.2 Å². The van der Waals surface area contributed by atoms with E-state index >= 15 is 0 Å². The number of rotatable bonds is 4. The Morgan fingerprint density at radius 2 is 2.00 bits per heavy atom. The Hall–Kier alpha value is -1.82. The van der Waals surface area contributed by atoms with Crippen LogP contribution in [-0.4, -0.2) is 5.97 Å². The second kappa shape index (κ2) is 5.92. The molecule has 0 aromatic heterocycles. The van der Waals surface area contributed by atoms with Crippen molar-refractivity contribution < 1.29 is 9.53 Å². The summed E-state index contributed by atoms with van der Waals surface area (Å²) in [4.78, 5) is 11.3. The molecule has 0 heterocycles. The molecule has 3 heteroatoms. The van der Waals surface area contributed by atoms with Crippen molar-refractivity contribution in [2.45, 2.75) is 26.7 Å². The zero-order valence-corrected chi connectivity index (χ0v) is 9.56. The summed E-state index contributed by atoms with van der Waals surface area (Å²) in [5.41, 5.74) is 1.07. The number of hydrogen-bond donors (Lipinski definition) is 0. The van der Waals surface area contributed by atoms with Gasteiger partial charge in [0.05, 0.1) is 12.0 Å². The molecule has 0 radical (unpaired) electrons. The molecule has 0 spiro atoms. The van der Waals surface area contributed by atoms with E-state index < -0.39 is 0 Å². The van der Waals surface area contributed by atoms with E-state index in [9.17, 15) is 4.79 Å². The van der Waals surface area contributed by atoms with Gasteiger partial charge in [0.1, 0.15) is 5.75 Å². The van der Waals surface area contributed by atoms with Gasteiger partial charge in [-0.1, -0.05) is 26.0 Å². The number of hydrogen-bond acceptors (Lipinski definition) is 3. The van der Waals surface area contributed by atoms with Gasteiger partial charge in [0.2, 0.25) is 0 Å². The molecule has 0 fully saturated rings. The SMILES string of the molecule is CC(C)C(=O)Oc1ccc(CCC#N)cc1. The molecule has 0 saturated carbocycles. The molecule has 0 N–H and O–H groups in total. The summed E-state index contributed by atoms with van der Waals surface area (Å²) in [6.07, 6.45) is 1.24. The summed E-state index contributed by atoms with van der Waals surface area (Å²) in [5.74, 6) is 0.197. The van der Waals surface area contributed by atoms with Gasteiger partial charge < -0.3 is 4.74 Å². The number of carbonyl (C=O) groups excluding carboxylic acids is 1. The van der Waals surface area contributed by atoms with Gasteiger partial charge in [-0.15, -0.1) is 0 Å². The predicted octanol–water partition coefficient (Wildman–Crippen LogP) is 2.70. The third-order valence-electron chi connectivity index (χ3n) is 2.14. The molecule has 0 amide bonds. The van der Waals surface area contributed by atoms with Crippen LogP contribution in [0.2, 0.25) is 0 Å². The normalized spacial score (nSPS) is 9.88. The lowest BCUT2D eigenvalue weighted by molar-refractivity contribution is -0.137. The standard InChI is InChI=1S/C13H15NO2/c1-10(2)13(15)16-12-7-5-11(6-8-12)4-3-9-14/h5-8,10H,3-4H2,1-2H3. The van der Waals surface area contributed by atoms with E-state index in [0.29, 0.717) is 12.2 Å². The molecule has 0 atom stereocenters. The highest BCUT2D eigenvalue weighted by molar-refractivity contribution is 5.74. The third kappa shape index (κ3) is 3.74. The lowest BCUT2D eigenvalue weighted by atomic mass is 10.1. The summed E-state index contributed by atoms with van der Waals surface area (Å²) in [6, 6.07) is 9.36. The van der Waals surface area contributed by atoms with E-state index in [1.807, 2.05) is 12.1 Å². The van der Waals surface area contributed by atoms with E-state index in [1.165, 1.54) is 0 Å². The fourth-order valence-corrected chi connectivity index (χ4v) is 1.16. The van der Waals surface area contributed by atoms with Crippen LogP contribution < -0.4 is 4.74 Å². The molecule has 0 aliphatic heterocycles. The lowest BCUT2D eigenvalue weighted by Crippen LogP contribution is -2.14. The summed E-state index contributed by atoms with van der Waals surface area (Å²) >= 11 is 0. The van der Waals surface area contributed by atoms with Crippen molar-refractivity contribution in [3.63, 3.8) is 0 Å². The summed E-state index contributed by atoms with van der Waals surface area (Å²) < 4.78 is 5.13. The van der Waals surface area contributed by atoms with Gasteiger partial charge in [-0.05, 0) is 24.1 Å². The minimum atomic E-state index is -0.232. The third-order valence-corrected chi connectivity index (χ3v) is 2.14. The van der Waals surface area contributed by atoms with E-state index in [0.717, 1.165) is 12.0 Å². The van der Waals surface area contributed by atoms with E-state index in [4.69, 9.17) is 10.00 Å². The molecule has 84 valence electrons. The molecule has 0 aliphatic carbocycles. The monoisotopic (exact) mass is 217 g/mol. The molecule has 1 aromatic rings. The van der Waals surface area contributed by atoms with Crippen LogP contribution in [0.1, 0.15) is 25.8 Å². The molecule has 3 nitrogen and oxygen atoms in total. The van der Waals surface area contributed by atoms with Crippen LogP contribution in [0.15, 0.2) is 24.3 Å². The van der Waals surface area contributed by atoms with Crippen molar-refractivity contribution in [2.24, 2.45) is 5.92 Å². The first-order valence-electron chi connectivity index (χ1n) is 5.31. The Bertz CT molecular complexity index is 387. The van der Waals surface area contributed by atoms with Crippen molar-refractivity contribution >= 4 is 5.97 Å². The Kier molecular flexibility index (Phi) is 4.53. The van der Waals surface area contributed by atoms with Crippen LogP contribution in [0.25, 0.3) is 0 Å². The molecule has 1 aromatic carbocycles. The first-order valence-corrected chi connectivity index (χ1v) is 5.31. The Labute approximate surface area is 95.7 Å². The maximum Gasteiger partial charge on any atom is 0.313 e. The van der Waals surface area contributed by atoms with Crippen LogP contribution in [0.5, 0.6) is 5.75 Å². The van der Waals surface area contributed by atoms with Crippen molar-refractivity contribution in [1.29, 1.82) is 5.26 Å². The predicted molar refractivity (Wildman–Crippen MR) is 60.8 cm³/mol. The van der Waals surface area contributed by atoms with Gasteiger partial charge in [-0.25, -0.2) is 0 Å². The maximum absolute atomic E-state index is 11.3. The maximum atomic E-state index is 11.3. The van der Waals surface area contributed by atoms with E-state index in [1.54, 1.807) is 26.0 Å². The van der Waals surface area contributed by atoms with Crippen molar-refractivity contribution in [3.05, 3.63) is 29.8 Å². The average Bonchev–Trinajstić information content (AvgIpc) is 2.28. The molecule has 0 bridgehead atoms. The van der Waals surface area contributed by atoms with Crippen LogP contribution in [0, 0.1) is 17.2 Å². The van der Waals surface area contributed by atoms with E-state index in [-0.39, 0.29) is 11.9 Å². The second-order valence-electron chi connectivity index (χ2n) is 3.88. The van der Waals surface area contributed by atoms with Gasteiger partial charge in [0, 0.05) is 6.42 Å². The molecule has 0 unspecified atom stereocenters. The summed E-state index contributed by atoms with van der Waals surface area (Å²) in [7, 11) is 0. The van der Waals surface area contributed by atoms with Gasteiger partial charge in [-0.3, -0.25) is 4.79 Å². The van der Waals surface area contributed by atoms with Gasteiger partial charge in [0.15, 0.2) is 0 Å². The van der Waals surface area contributed by atoms with E-state index in [2.05, 4.69) is 6.07 Å². The van der Waals surface area contributed by atoms with Crippen LogP contribution in [0.4, 0.5) is 0 Å². The van der Waals surface area contributed by atoms with Crippen LogP contribution >= 0.6 is 0 Å². The Morgan fingerprint density at radius 3 is 2.50 bits per heavy atom. The zero-order chi connectivity index (χ0) is 12.0. The summed E-state index contributed by atoms with van der Waals surface area (Å²) in [6.45, 7) is 3.59. The van der Waals surface area contributed by atoms with Crippen molar-refractivity contribution in [1.82, 2.24) is 0 Å². The first-order chi connectivity index (χ1) is 7.63. The number of nitrogens with zero attached hydrogens (tertiary/aromatic N) is 1. The average molecular weight is 217 g/mol. The number of carbonyl (C=O) groups is 1. The fraction of sp³-hybridized carbons (Fsp3) is 0.385. The second-order valence-corrected chi connectivity index (χ2v) is 3.88. The fourth-order valence-electron chi connectivity index (χ4n) is 1.16. The quantitative estimate of drug-likeness (QED) is 0.575. The first kappa shape index (κ1) is 12.3. The lowest BCUT2D eigenvalue weighted by Gasteiger charge is -2.06. The largest absolute Gasteiger partial charge is 0.426 e. The summed E-state index contributed by atoms with van der Waals surface area (Å²) in [5, 5.41) is 8.44. The highest BCUT2D eigenvalue weighted by Gasteiger charge is 2.09. The molecule has 16 heavy (non-hydrogen) atoms.